The summed E-state index contributed by atoms with van der Waals surface area (Å²) >= 11 is 0. The van der Waals surface area contributed by atoms with E-state index in [2.05, 4.69) is 13.5 Å². The molecule has 3 atom stereocenters. The summed E-state index contributed by atoms with van der Waals surface area (Å²) in [5.41, 5.74) is 4.85. The number of sulfonamides is 1. The average Bonchev–Trinajstić information content (AvgIpc) is 3.25. The van der Waals surface area contributed by atoms with Gasteiger partial charge < -0.3 is 4.74 Å². The van der Waals surface area contributed by atoms with Gasteiger partial charge in [-0.05, 0) is 42.5 Å². The van der Waals surface area contributed by atoms with Crippen LogP contribution in [-0.2, 0) is 14.8 Å². The summed E-state index contributed by atoms with van der Waals surface area (Å²) in [5, 5.41) is 0. The first-order valence-corrected chi connectivity index (χ1v) is 10.9. The van der Waals surface area contributed by atoms with Gasteiger partial charge in [0, 0.05) is 24.9 Å². The van der Waals surface area contributed by atoms with Gasteiger partial charge in [-0.15, -0.1) is 0 Å². The van der Waals surface area contributed by atoms with Crippen molar-refractivity contribution in [3.8, 4) is 0 Å². The predicted molar refractivity (Wildman–Crippen MR) is 102 cm³/mol. The quantitative estimate of drug-likeness (QED) is 0.762. The van der Waals surface area contributed by atoms with Gasteiger partial charge in [0.25, 0.3) is 0 Å². The first kappa shape index (κ1) is 18.0. The summed E-state index contributed by atoms with van der Waals surface area (Å²) in [6, 6.07) is 7.13. The molecule has 2 aliphatic heterocycles. The maximum atomic E-state index is 13.1. The summed E-state index contributed by atoms with van der Waals surface area (Å²) < 4.78 is 33.7. The number of benzene rings is 1. The Labute approximate surface area is 156 Å². The third kappa shape index (κ3) is 2.86. The number of aryl methyl sites for hydroxylation is 1. The standard InChI is InChI=1S/C21H27NO3S/c1-4-16-9-15(3)18-10-22(11-19(18)21-13-25-12-20(16)21)26(23,24)17-7-5-14(2)6-8-17/h5-8,16,18,20H,3-4,9-13H2,1-2H3/t16-,18+,20-/m1/s1. The van der Waals surface area contributed by atoms with Crippen LogP contribution in [0.25, 0.3) is 0 Å². The Balaban J connectivity index is 1.70. The average molecular weight is 374 g/mol. The molecule has 2 saturated heterocycles. The fourth-order valence-electron chi connectivity index (χ4n) is 4.73. The molecule has 0 unspecified atom stereocenters. The SMILES string of the molecule is C=C1C[C@@H](CC)[C@H]2COCC2=C2CN(S(=O)(=O)c3ccc(C)cc3)C[C@@H]12. The second-order valence-corrected chi connectivity index (χ2v) is 9.80. The second kappa shape index (κ2) is 6.63. The lowest BCUT2D eigenvalue weighted by Gasteiger charge is -2.22. The molecule has 0 N–H and O–H groups in total. The number of nitrogens with zero attached hydrogens (tertiary/aromatic N) is 1. The summed E-state index contributed by atoms with van der Waals surface area (Å²) in [4.78, 5) is 0.376. The van der Waals surface area contributed by atoms with Crippen LogP contribution in [0, 0.1) is 24.7 Å². The minimum Gasteiger partial charge on any atom is -0.376 e. The van der Waals surface area contributed by atoms with Crippen LogP contribution in [0.4, 0.5) is 0 Å². The number of hydrogen-bond donors (Lipinski definition) is 0. The van der Waals surface area contributed by atoms with E-state index >= 15 is 0 Å². The number of ether oxygens (including phenoxy) is 1. The lowest BCUT2D eigenvalue weighted by atomic mass is 9.83. The van der Waals surface area contributed by atoms with Gasteiger partial charge in [0.1, 0.15) is 0 Å². The Kier molecular flexibility index (Phi) is 4.58. The van der Waals surface area contributed by atoms with E-state index < -0.39 is 10.0 Å². The molecule has 5 heteroatoms. The third-order valence-electron chi connectivity index (χ3n) is 6.34. The normalized spacial score (nSPS) is 29.6. The van der Waals surface area contributed by atoms with Crippen molar-refractivity contribution in [3.63, 3.8) is 0 Å². The zero-order chi connectivity index (χ0) is 18.5. The van der Waals surface area contributed by atoms with Gasteiger partial charge in [0.2, 0.25) is 10.0 Å². The van der Waals surface area contributed by atoms with E-state index in [1.54, 1.807) is 16.4 Å². The van der Waals surface area contributed by atoms with E-state index in [0.29, 0.717) is 36.4 Å². The predicted octanol–water partition coefficient (Wildman–Crippen LogP) is 3.54. The summed E-state index contributed by atoms with van der Waals surface area (Å²) in [6.07, 6.45) is 2.09. The van der Waals surface area contributed by atoms with Crippen LogP contribution >= 0.6 is 0 Å². The fourth-order valence-corrected chi connectivity index (χ4v) is 6.16. The van der Waals surface area contributed by atoms with Crippen LogP contribution in [0.2, 0.25) is 0 Å². The Hall–Kier alpha value is -1.43. The van der Waals surface area contributed by atoms with Gasteiger partial charge in [-0.2, -0.15) is 4.31 Å². The van der Waals surface area contributed by atoms with E-state index in [9.17, 15) is 8.42 Å². The van der Waals surface area contributed by atoms with E-state index in [0.717, 1.165) is 25.0 Å². The molecule has 4 nitrogen and oxygen atoms in total. The van der Waals surface area contributed by atoms with Crippen molar-refractivity contribution in [2.75, 3.05) is 26.3 Å². The molecule has 4 rings (SSSR count). The molecule has 0 radical (unpaired) electrons. The van der Waals surface area contributed by atoms with Crippen LogP contribution < -0.4 is 0 Å². The lowest BCUT2D eigenvalue weighted by Crippen LogP contribution is -2.29. The summed E-state index contributed by atoms with van der Waals surface area (Å²) in [5.74, 6) is 1.14. The van der Waals surface area contributed by atoms with Crippen molar-refractivity contribution in [1.29, 1.82) is 0 Å². The van der Waals surface area contributed by atoms with Crippen LogP contribution in [-0.4, -0.2) is 39.0 Å². The maximum Gasteiger partial charge on any atom is 0.243 e. The monoisotopic (exact) mass is 373 g/mol. The zero-order valence-electron chi connectivity index (χ0n) is 15.6. The molecule has 2 fully saturated rings. The van der Waals surface area contributed by atoms with Crippen molar-refractivity contribution >= 4 is 10.0 Å². The van der Waals surface area contributed by atoms with Crippen molar-refractivity contribution in [3.05, 3.63) is 53.1 Å². The highest BCUT2D eigenvalue weighted by atomic mass is 32.2. The molecular weight excluding hydrogens is 346 g/mol. The van der Waals surface area contributed by atoms with E-state index in [1.807, 2.05) is 19.1 Å². The first-order chi connectivity index (χ1) is 12.4. The Morgan fingerprint density at radius 3 is 2.65 bits per heavy atom. The molecule has 140 valence electrons. The minimum atomic E-state index is -3.48. The molecule has 1 aromatic rings. The highest BCUT2D eigenvalue weighted by molar-refractivity contribution is 7.89. The fraction of sp³-hybridized carbons (Fsp3) is 0.524. The molecule has 0 saturated carbocycles. The van der Waals surface area contributed by atoms with Crippen molar-refractivity contribution in [2.24, 2.45) is 17.8 Å². The summed E-state index contributed by atoms with van der Waals surface area (Å²) in [7, 11) is -3.48. The maximum absolute atomic E-state index is 13.1. The smallest absolute Gasteiger partial charge is 0.243 e. The van der Waals surface area contributed by atoms with Gasteiger partial charge in [-0.25, -0.2) is 8.42 Å². The van der Waals surface area contributed by atoms with Crippen molar-refractivity contribution in [1.82, 2.24) is 4.31 Å². The van der Waals surface area contributed by atoms with Crippen LogP contribution in [0.5, 0.6) is 0 Å². The van der Waals surface area contributed by atoms with Gasteiger partial charge >= 0.3 is 0 Å². The number of rotatable bonds is 3. The van der Waals surface area contributed by atoms with Crippen molar-refractivity contribution in [2.45, 2.75) is 31.6 Å². The largest absolute Gasteiger partial charge is 0.376 e. The number of fused-ring (bicyclic) bond motifs is 2. The van der Waals surface area contributed by atoms with E-state index in [-0.39, 0.29) is 5.92 Å². The molecule has 2 heterocycles. The second-order valence-electron chi connectivity index (χ2n) is 7.87. The molecule has 1 aliphatic carbocycles. The minimum absolute atomic E-state index is 0.144. The van der Waals surface area contributed by atoms with Crippen LogP contribution in [0.3, 0.4) is 0 Å². The van der Waals surface area contributed by atoms with Crippen LogP contribution in [0.1, 0.15) is 25.3 Å². The third-order valence-corrected chi connectivity index (χ3v) is 8.16. The van der Waals surface area contributed by atoms with Gasteiger partial charge in [0.05, 0.1) is 18.1 Å². The Morgan fingerprint density at radius 1 is 1.23 bits per heavy atom. The van der Waals surface area contributed by atoms with Crippen molar-refractivity contribution < 1.29 is 13.2 Å². The van der Waals surface area contributed by atoms with Gasteiger partial charge in [0.15, 0.2) is 0 Å². The van der Waals surface area contributed by atoms with Gasteiger partial charge in [-0.3, -0.25) is 0 Å². The Morgan fingerprint density at radius 2 is 1.96 bits per heavy atom. The molecule has 0 aromatic heterocycles. The molecule has 26 heavy (non-hydrogen) atoms. The zero-order valence-corrected chi connectivity index (χ0v) is 16.4. The van der Waals surface area contributed by atoms with Gasteiger partial charge in [-0.1, -0.05) is 43.2 Å². The molecule has 1 aromatic carbocycles. The van der Waals surface area contributed by atoms with E-state index in [4.69, 9.17) is 4.74 Å². The highest BCUT2D eigenvalue weighted by Crippen LogP contribution is 2.46. The topological polar surface area (TPSA) is 46.6 Å². The highest BCUT2D eigenvalue weighted by Gasteiger charge is 2.44. The molecular formula is C21H27NO3S. The van der Waals surface area contributed by atoms with Crippen LogP contribution in [0.15, 0.2) is 52.5 Å². The molecule has 0 amide bonds. The van der Waals surface area contributed by atoms with E-state index in [1.165, 1.54) is 16.7 Å². The lowest BCUT2D eigenvalue weighted by molar-refractivity contribution is 0.170. The first-order valence-electron chi connectivity index (χ1n) is 9.45. The number of hydrogen-bond acceptors (Lipinski definition) is 3. The Bertz CT molecular complexity index is 854. The molecule has 0 spiro atoms. The summed E-state index contributed by atoms with van der Waals surface area (Å²) in [6.45, 7) is 10.9. The molecule has 3 aliphatic rings. The molecule has 0 bridgehead atoms.